The first kappa shape index (κ1) is 18.0. The quantitative estimate of drug-likeness (QED) is 0.833. The van der Waals surface area contributed by atoms with E-state index in [0.29, 0.717) is 11.5 Å². The average molecular weight is 367 g/mol. The first-order valence-electron chi connectivity index (χ1n) is 10.3. The maximum Gasteiger partial charge on any atom is 0.255 e. The number of piperidine rings is 1. The van der Waals surface area contributed by atoms with Crippen molar-refractivity contribution in [1.29, 1.82) is 0 Å². The lowest BCUT2D eigenvalue weighted by Crippen LogP contribution is -2.41. The molecule has 0 N–H and O–H groups in total. The Hall–Kier alpha value is -2.37. The van der Waals surface area contributed by atoms with Crippen LogP contribution in [0.4, 0.5) is 5.82 Å². The Morgan fingerprint density at radius 1 is 1.07 bits per heavy atom. The summed E-state index contributed by atoms with van der Waals surface area (Å²) < 4.78 is 2.11. The second-order valence-corrected chi connectivity index (χ2v) is 7.83. The van der Waals surface area contributed by atoms with Crippen molar-refractivity contribution in [3.8, 4) is 0 Å². The lowest BCUT2D eigenvalue weighted by atomic mass is 9.97. The maximum atomic E-state index is 12.9. The van der Waals surface area contributed by atoms with Crippen LogP contribution in [-0.4, -0.2) is 51.5 Å². The van der Waals surface area contributed by atoms with E-state index in [-0.39, 0.29) is 5.91 Å². The number of hydrogen-bond donors (Lipinski definition) is 0. The van der Waals surface area contributed by atoms with Crippen LogP contribution in [0.5, 0.6) is 0 Å². The fraction of sp³-hybridized carbons (Fsp3) is 0.571. The molecule has 2 aromatic rings. The molecule has 2 aromatic heterocycles. The summed E-state index contributed by atoms with van der Waals surface area (Å²) in [5.74, 6) is 1.60. The summed E-state index contributed by atoms with van der Waals surface area (Å²) in [5, 5.41) is 0. The van der Waals surface area contributed by atoms with Gasteiger partial charge in [0, 0.05) is 51.3 Å². The number of pyridine rings is 1. The van der Waals surface area contributed by atoms with Crippen LogP contribution in [0, 0.1) is 5.92 Å². The van der Waals surface area contributed by atoms with Gasteiger partial charge in [0.2, 0.25) is 0 Å². The third-order valence-corrected chi connectivity index (χ3v) is 5.76. The zero-order valence-electron chi connectivity index (χ0n) is 16.0. The predicted octanol–water partition coefficient (Wildman–Crippen LogP) is 3.21. The normalized spacial score (nSPS) is 21.1. The molecule has 2 aliphatic rings. The van der Waals surface area contributed by atoms with Gasteiger partial charge in [-0.05, 0) is 43.7 Å². The number of carbonyl (C=O) groups is 1. The second kappa shape index (κ2) is 8.55. The molecule has 2 saturated heterocycles. The van der Waals surface area contributed by atoms with Gasteiger partial charge in [-0.3, -0.25) is 4.79 Å². The zero-order chi connectivity index (χ0) is 18.5. The number of anilines is 1. The van der Waals surface area contributed by atoms with Crippen LogP contribution in [-0.2, 0) is 6.54 Å². The molecule has 27 heavy (non-hydrogen) atoms. The Labute approximate surface area is 161 Å². The number of hydrogen-bond acceptors (Lipinski definition) is 4. The minimum absolute atomic E-state index is 0.111. The van der Waals surface area contributed by atoms with Gasteiger partial charge in [-0.25, -0.2) is 9.97 Å². The molecule has 2 fully saturated rings. The molecule has 0 spiro atoms. The fourth-order valence-electron chi connectivity index (χ4n) is 4.27. The monoisotopic (exact) mass is 367 g/mol. The third kappa shape index (κ3) is 4.49. The number of rotatable bonds is 4. The zero-order valence-corrected chi connectivity index (χ0v) is 16.0. The van der Waals surface area contributed by atoms with E-state index in [1.165, 1.54) is 25.7 Å². The molecule has 0 aromatic carbocycles. The molecule has 6 heteroatoms. The fourth-order valence-corrected chi connectivity index (χ4v) is 4.27. The Bertz CT molecular complexity index is 720. The molecule has 0 saturated carbocycles. The maximum absolute atomic E-state index is 12.9. The summed E-state index contributed by atoms with van der Waals surface area (Å²) in [6.07, 6.45) is 14.7. The lowest BCUT2D eigenvalue weighted by molar-refractivity contribution is 0.0662. The molecule has 2 aliphatic heterocycles. The highest BCUT2D eigenvalue weighted by molar-refractivity contribution is 5.94. The van der Waals surface area contributed by atoms with E-state index in [4.69, 9.17) is 0 Å². The molecular weight excluding hydrogens is 338 g/mol. The van der Waals surface area contributed by atoms with E-state index in [1.54, 1.807) is 6.20 Å². The summed E-state index contributed by atoms with van der Waals surface area (Å²) in [4.78, 5) is 26.0. The van der Waals surface area contributed by atoms with Gasteiger partial charge < -0.3 is 14.4 Å². The van der Waals surface area contributed by atoms with Crippen LogP contribution in [0.2, 0.25) is 0 Å². The standard InChI is InChI=1S/C21H29N5O/c27-21(26-12-5-6-18(16-26)15-24-13-9-22-17-24)19-7-8-20(23-14-19)25-10-3-1-2-4-11-25/h7-9,13-14,17-18H,1-6,10-12,15-16H2/t18-/m1/s1. The van der Waals surface area contributed by atoms with E-state index in [9.17, 15) is 4.79 Å². The van der Waals surface area contributed by atoms with E-state index < -0.39 is 0 Å². The van der Waals surface area contributed by atoms with Crippen molar-refractivity contribution < 1.29 is 4.79 Å². The molecule has 4 heterocycles. The van der Waals surface area contributed by atoms with E-state index >= 15 is 0 Å². The van der Waals surface area contributed by atoms with Crippen molar-refractivity contribution >= 4 is 11.7 Å². The molecule has 144 valence electrons. The summed E-state index contributed by atoms with van der Waals surface area (Å²) in [5.41, 5.74) is 0.705. The second-order valence-electron chi connectivity index (χ2n) is 7.83. The lowest BCUT2D eigenvalue weighted by Gasteiger charge is -2.33. The molecule has 6 nitrogen and oxygen atoms in total. The summed E-state index contributed by atoms with van der Waals surface area (Å²) in [6, 6.07) is 3.97. The summed E-state index contributed by atoms with van der Waals surface area (Å²) >= 11 is 0. The van der Waals surface area contributed by atoms with Crippen molar-refractivity contribution in [2.45, 2.75) is 45.1 Å². The van der Waals surface area contributed by atoms with Crippen molar-refractivity contribution in [2.24, 2.45) is 5.92 Å². The number of aromatic nitrogens is 3. The van der Waals surface area contributed by atoms with Crippen LogP contribution >= 0.6 is 0 Å². The highest BCUT2D eigenvalue weighted by Crippen LogP contribution is 2.22. The molecule has 0 unspecified atom stereocenters. The Morgan fingerprint density at radius 3 is 2.63 bits per heavy atom. The van der Waals surface area contributed by atoms with E-state index in [2.05, 4.69) is 19.4 Å². The largest absolute Gasteiger partial charge is 0.357 e. The SMILES string of the molecule is O=C(c1ccc(N2CCCCCC2)nc1)N1CCC[C@H](Cn2ccnc2)C1. The molecule has 0 radical (unpaired) electrons. The molecule has 0 bridgehead atoms. The van der Waals surface area contributed by atoms with Crippen LogP contribution in [0.25, 0.3) is 0 Å². The van der Waals surface area contributed by atoms with Gasteiger partial charge in [0.25, 0.3) is 5.91 Å². The minimum atomic E-state index is 0.111. The molecular formula is C21H29N5O. The first-order chi connectivity index (χ1) is 13.3. The van der Waals surface area contributed by atoms with Gasteiger partial charge in [0.05, 0.1) is 11.9 Å². The summed E-state index contributed by atoms with van der Waals surface area (Å²) in [6.45, 7) is 4.72. The van der Waals surface area contributed by atoms with Gasteiger partial charge in [-0.15, -0.1) is 0 Å². The molecule has 0 aliphatic carbocycles. The minimum Gasteiger partial charge on any atom is -0.357 e. The van der Waals surface area contributed by atoms with Gasteiger partial charge in [0.1, 0.15) is 5.82 Å². The van der Waals surface area contributed by atoms with Crippen molar-refractivity contribution in [1.82, 2.24) is 19.4 Å². The number of nitrogens with zero attached hydrogens (tertiary/aromatic N) is 5. The third-order valence-electron chi connectivity index (χ3n) is 5.76. The average Bonchev–Trinajstić information content (AvgIpc) is 3.07. The van der Waals surface area contributed by atoms with Gasteiger partial charge >= 0.3 is 0 Å². The smallest absolute Gasteiger partial charge is 0.255 e. The number of imidazole rings is 1. The number of amides is 1. The van der Waals surface area contributed by atoms with Gasteiger partial charge in [-0.2, -0.15) is 0 Å². The van der Waals surface area contributed by atoms with Crippen LogP contribution in [0.1, 0.15) is 48.9 Å². The molecule has 4 rings (SSSR count). The van der Waals surface area contributed by atoms with Gasteiger partial charge in [-0.1, -0.05) is 12.8 Å². The highest BCUT2D eigenvalue weighted by atomic mass is 16.2. The van der Waals surface area contributed by atoms with Crippen molar-refractivity contribution in [3.05, 3.63) is 42.6 Å². The Kier molecular flexibility index (Phi) is 5.70. The van der Waals surface area contributed by atoms with Crippen LogP contribution < -0.4 is 4.90 Å². The topological polar surface area (TPSA) is 54.3 Å². The number of likely N-dealkylation sites (tertiary alicyclic amines) is 1. The predicted molar refractivity (Wildman–Crippen MR) is 106 cm³/mol. The number of carbonyl (C=O) groups excluding carboxylic acids is 1. The van der Waals surface area contributed by atoms with Crippen molar-refractivity contribution in [3.63, 3.8) is 0 Å². The molecule has 1 amide bonds. The first-order valence-corrected chi connectivity index (χ1v) is 10.3. The highest BCUT2D eigenvalue weighted by Gasteiger charge is 2.25. The van der Waals surface area contributed by atoms with Crippen molar-refractivity contribution in [2.75, 3.05) is 31.1 Å². The Balaban J connectivity index is 1.38. The molecule has 1 atom stereocenters. The summed E-state index contributed by atoms with van der Waals surface area (Å²) in [7, 11) is 0. The van der Waals surface area contributed by atoms with E-state index in [0.717, 1.165) is 51.4 Å². The van der Waals surface area contributed by atoms with Gasteiger partial charge in [0.15, 0.2) is 0 Å². The van der Waals surface area contributed by atoms with E-state index in [1.807, 2.05) is 35.8 Å². The Morgan fingerprint density at radius 2 is 1.93 bits per heavy atom. The van der Waals surface area contributed by atoms with Crippen LogP contribution in [0.3, 0.4) is 0 Å². The van der Waals surface area contributed by atoms with Crippen LogP contribution in [0.15, 0.2) is 37.1 Å².